The molecule has 1 heterocycles. The summed E-state index contributed by atoms with van der Waals surface area (Å²) in [7, 11) is 0. The van der Waals surface area contributed by atoms with Gasteiger partial charge in [-0.05, 0) is 36.6 Å². The molecule has 0 bridgehead atoms. The number of thioether (sulfide) groups is 1. The molecule has 2 amide bonds. The standard InChI is InChI=1S/C19H18Cl2N4O6S/c1-32-8-6-15(24-18(27)12-5-4-11(25(29)30)9-13(12)20)19(28)31-10-16(26)23-14-3-2-7-22-17(14)21/h2-5,7,9,15H,6,8,10H2,1H3,(H,23,26)(H,24,27). The number of anilines is 1. The predicted molar refractivity (Wildman–Crippen MR) is 121 cm³/mol. The van der Waals surface area contributed by atoms with E-state index < -0.39 is 35.4 Å². The van der Waals surface area contributed by atoms with Crippen LogP contribution in [0, 0.1) is 10.1 Å². The molecular formula is C19H18Cl2N4O6S. The number of rotatable bonds is 10. The molecule has 0 fully saturated rings. The number of esters is 1. The van der Waals surface area contributed by atoms with Gasteiger partial charge in [0.05, 0.1) is 21.2 Å². The summed E-state index contributed by atoms with van der Waals surface area (Å²) in [5.74, 6) is -1.65. The molecule has 1 unspecified atom stereocenters. The van der Waals surface area contributed by atoms with Gasteiger partial charge in [0.25, 0.3) is 17.5 Å². The number of halogens is 2. The van der Waals surface area contributed by atoms with E-state index in [1.165, 1.54) is 30.1 Å². The molecule has 0 saturated heterocycles. The first-order valence-electron chi connectivity index (χ1n) is 9.03. The second-order valence-corrected chi connectivity index (χ2v) is 7.98. The number of aromatic nitrogens is 1. The molecule has 0 saturated carbocycles. The molecule has 1 aromatic heterocycles. The van der Waals surface area contributed by atoms with E-state index >= 15 is 0 Å². The van der Waals surface area contributed by atoms with Crippen molar-refractivity contribution in [1.82, 2.24) is 10.3 Å². The molecule has 10 nitrogen and oxygen atoms in total. The number of carbonyl (C=O) groups is 3. The van der Waals surface area contributed by atoms with Crippen molar-refractivity contribution in [2.45, 2.75) is 12.5 Å². The van der Waals surface area contributed by atoms with Crippen LogP contribution in [0.5, 0.6) is 0 Å². The van der Waals surface area contributed by atoms with Gasteiger partial charge in [-0.3, -0.25) is 19.7 Å². The molecule has 1 atom stereocenters. The third-order valence-corrected chi connectivity index (χ3v) is 5.25. The summed E-state index contributed by atoms with van der Waals surface area (Å²) in [6.07, 6.45) is 3.50. The Balaban J connectivity index is 2.01. The summed E-state index contributed by atoms with van der Waals surface area (Å²) in [6.45, 7) is -0.603. The van der Waals surface area contributed by atoms with Crippen molar-refractivity contribution < 1.29 is 24.0 Å². The SMILES string of the molecule is CSCCC(NC(=O)c1ccc([N+](=O)[O-])cc1Cl)C(=O)OCC(=O)Nc1cccnc1Cl. The summed E-state index contributed by atoms with van der Waals surface area (Å²) in [5.41, 5.74) is -0.0527. The molecule has 2 rings (SSSR count). The number of nitro benzene ring substituents is 1. The molecule has 13 heteroatoms. The average Bonchev–Trinajstić information content (AvgIpc) is 2.76. The van der Waals surface area contributed by atoms with Crippen LogP contribution < -0.4 is 10.6 Å². The molecule has 170 valence electrons. The number of nitrogens with zero attached hydrogens (tertiary/aromatic N) is 2. The first-order valence-corrected chi connectivity index (χ1v) is 11.2. The molecule has 0 aliphatic carbocycles. The monoisotopic (exact) mass is 500 g/mol. The van der Waals surface area contributed by atoms with Gasteiger partial charge in [-0.15, -0.1) is 0 Å². The number of pyridine rings is 1. The van der Waals surface area contributed by atoms with Crippen LogP contribution in [0.4, 0.5) is 11.4 Å². The average molecular weight is 501 g/mol. The Kier molecular flexibility index (Phi) is 9.69. The van der Waals surface area contributed by atoms with Crippen LogP contribution in [0.2, 0.25) is 10.2 Å². The maximum absolute atomic E-state index is 12.6. The van der Waals surface area contributed by atoms with Gasteiger partial charge in [-0.1, -0.05) is 23.2 Å². The number of benzene rings is 1. The number of nitrogens with one attached hydrogen (secondary N) is 2. The van der Waals surface area contributed by atoms with Gasteiger partial charge in [0, 0.05) is 18.3 Å². The number of non-ortho nitro benzene ring substituents is 1. The Morgan fingerprint density at radius 2 is 2.03 bits per heavy atom. The highest BCUT2D eigenvalue weighted by Crippen LogP contribution is 2.23. The van der Waals surface area contributed by atoms with E-state index in [1.54, 1.807) is 6.07 Å². The Morgan fingerprint density at radius 3 is 2.66 bits per heavy atom. The maximum Gasteiger partial charge on any atom is 0.329 e. The fourth-order valence-corrected chi connectivity index (χ4v) is 3.32. The number of carbonyl (C=O) groups excluding carboxylic acids is 3. The zero-order valence-electron chi connectivity index (χ0n) is 16.7. The lowest BCUT2D eigenvalue weighted by Crippen LogP contribution is -2.43. The zero-order valence-corrected chi connectivity index (χ0v) is 19.0. The third-order valence-electron chi connectivity index (χ3n) is 3.99. The van der Waals surface area contributed by atoms with Crippen molar-refractivity contribution >= 4 is 64.1 Å². The van der Waals surface area contributed by atoms with Gasteiger partial charge in [0.15, 0.2) is 11.8 Å². The van der Waals surface area contributed by atoms with Gasteiger partial charge in [-0.25, -0.2) is 9.78 Å². The fraction of sp³-hybridized carbons (Fsp3) is 0.263. The van der Waals surface area contributed by atoms with E-state index in [9.17, 15) is 24.5 Å². The van der Waals surface area contributed by atoms with E-state index in [0.29, 0.717) is 5.75 Å². The van der Waals surface area contributed by atoms with Crippen LogP contribution in [-0.2, 0) is 14.3 Å². The molecule has 32 heavy (non-hydrogen) atoms. The number of ether oxygens (including phenoxy) is 1. The maximum atomic E-state index is 12.6. The minimum atomic E-state index is -1.06. The molecule has 0 aliphatic rings. The van der Waals surface area contributed by atoms with Gasteiger partial charge < -0.3 is 15.4 Å². The van der Waals surface area contributed by atoms with Crippen molar-refractivity contribution in [3.05, 3.63) is 62.4 Å². The van der Waals surface area contributed by atoms with Crippen molar-refractivity contribution in [1.29, 1.82) is 0 Å². The molecule has 2 aromatic rings. The molecule has 0 aliphatic heterocycles. The predicted octanol–water partition coefficient (Wildman–Crippen LogP) is 3.33. The number of amides is 2. The largest absolute Gasteiger partial charge is 0.454 e. The lowest BCUT2D eigenvalue weighted by molar-refractivity contribution is -0.384. The molecular weight excluding hydrogens is 483 g/mol. The van der Waals surface area contributed by atoms with Crippen molar-refractivity contribution in [3.63, 3.8) is 0 Å². The quantitative estimate of drug-likeness (QED) is 0.219. The normalized spacial score (nSPS) is 11.3. The summed E-state index contributed by atoms with van der Waals surface area (Å²) in [4.78, 5) is 51.1. The van der Waals surface area contributed by atoms with Crippen LogP contribution in [0.15, 0.2) is 36.5 Å². The third kappa shape index (κ3) is 7.36. The number of hydrogen-bond donors (Lipinski definition) is 2. The van der Waals surface area contributed by atoms with E-state index in [4.69, 9.17) is 27.9 Å². The number of hydrogen-bond acceptors (Lipinski definition) is 8. The van der Waals surface area contributed by atoms with Crippen LogP contribution in [-0.4, -0.2) is 52.3 Å². The Hall–Kier alpha value is -2.89. The van der Waals surface area contributed by atoms with Gasteiger partial charge in [0.2, 0.25) is 0 Å². The molecule has 2 N–H and O–H groups in total. The summed E-state index contributed by atoms with van der Waals surface area (Å²) < 4.78 is 5.03. The highest BCUT2D eigenvalue weighted by molar-refractivity contribution is 7.98. The topological polar surface area (TPSA) is 141 Å². The van der Waals surface area contributed by atoms with E-state index in [2.05, 4.69) is 15.6 Å². The molecule has 1 aromatic carbocycles. The lowest BCUT2D eigenvalue weighted by Gasteiger charge is -2.17. The van der Waals surface area contributed by atoms with E-state index in [0.717, 1.165) is 12.1 Å². The van der Waals surface area contributed by atoms with Crippen molar-refractivity contribution in [2.75, 3.05) is 23.9 Å². The second-order valence-electron chi connectivity index (χ2n) is 6.23. The first-order chi connectivity index (χ1) is 15.2. The molecule has 0 radical (unpaired) electrons. The highest BCUT2D eigenvalue weighted by Gasteiger charge is 2.25. The minimum absolute atomic E-state index is 0.0387. The van der Waals surface area contributed by atoms with Crippen molar-refractivity contribution in [3.8, 4) is 0 Å². The lowest BCUT2D eigenvalue weighted by atomic mass is 10.1. The fourth-order valence-electron chi connectivity index (χ4n) is 2.43. The van der Waals surface area contributed by atoms with Crippen LogP contribution in [0.3, 0.4) is 0 Å². The number of nitro groups is 1. The van der Waals surface area contributed by atoms with Crippen LogP contribution in [0.1, 0.15) is 16.8 Å². The van der Waals surface area contributed by atoms with E-state index in [-0.39, 0.29) is 33.5 Å². The Bertz CT molecular complexity index is 1020. The van der Waals surface area contributed by atoms with E-state index in [1.807, 2.05) is 6.26 Å². The smallest absolute Gasteiger partial charge is 0.329 e. The molecule has 0 spiro atoms. The Labute approximate surface area is 197 Å². The van der Waals surface area contributed by atoms with Gasteiger partial charge >= 0.3 is 5.97 Å². The van der Waals surface area contributed by atoms with Crippen LogP contribution >= 0.6 is 35.0 Å². The highest BCUT2D eigenvalue weighted by atomic mass is 35.5. The Morgan fingerprint density at radius 1 is 1.28 bits per heavy atom. The second kappa shape index (κ2) is 12.2. The zero-order chi connectivity index (χ0) is 23.7. The minimum Gasteiger partial charge on any atom is -0.454 e. The van der Waals surface area contributed by atoms with Crippen molar-refractivity contribution in [2.24, 2.45) is 0 Å². The van der Waals surface area contributed by atoms with Crippen LogP contribution in [0.25, 0.3) is 0 Å². The van der Waals surface area contributed by atoms with Gasteiger partial charge in [-0.2, -0.15) is 11.8 Å². The summed E-state index contributed by atoms with van der Waals surface area (Å²) in [6, 6.07) is 5.41. The first kappa shape index (κ1) is 25.4. The summed E-state index contributed by atoms with van der Waals surface area (Å²) >= 11 is 13.3. The summed E-state index contributed by atoms with van der Waals surface area (Å²) in [5, 5.41) is 15.7. The van der Waals surface area contributed by atoms with Gasteiger partial charge in [0.1, 0.15) is 6.04 Å².